The average molecular weight is 712 g/mol. The molecule has 2 saturated heterocycles. The number of nitrogens with zero attached hydrogens (tertiary/aromatic N) is 1. The lowest BCUT2D eigenvalue weighted by molar-refractivity contribution is -0.0312. The number of nitrogens with two attached hydrogens (primary N) is 1. The molecule has 0 bridgehead atoms. The number of nitrogens with one attached hydrogen (secondary N) is 1. The lowest BCUT2D eigenvalue weighted by atomic mass is 9.88. The predicted octanol–water partition coefficient (Wildman–Crippen LogP) is 2.94. The summed E-state index contributed by atoms with van der Waals surface area (Å²) in [4.78, 5) is 0.376. The van der Waals surface area contributed by atoms with Gasteiger partial charge in [0.2, 0.25) is 10.0 Å². The Morgan fingerprint density at radius 3 is 2.27 bits per heavy atom. The SMILES string of the molecule is NC1(c2ccc(-c3cccc(S(=O)(=O)N4CCC5(CC4)C[C@H](NC[C@H](O)COc4cccc(S(=O)(=O)C6(CO)CC6)c4)CO5)c3)cc2)CC1. The number of sulfone groups is 1. The van der Waals surface area contributed by atoms with Crippen LogP contribution in [0.25, 0.3) is 11.1 Å². The average Bonchev–Trinajstić information content (AvgIpc) is 4.05. The van der Waals surface area contributed by atoms with E-state index in [0.29, 0.717) is 57.6 Å². The van der Waals surface area contributed by atoms with Gasteiger partial charge in [-0.1, -0.05) is 42.5 Å². The first-order valence-corrected chi connectivity index (χ1v) is 19.9. The number of hydrogen-bond donors (Lipinski definition) is 4. The molecule has 264 valence electrons. The maximum atomic E-state index is 13.7. The van der Waals surface area contributed by atoms with Crippen molar-refractivity contribution in [3.63, 3.8) is 0 Å². The first-order chi connectivity index (χ1) is 23.4. The molecule has 0 unspecified atom stereocenters. The second-order valence-electron chi connectivity index (χ2n) is 14.3. The van der Waals surface area contributed by atoms with E-state index in [1.165, 1.54) is 12.1 Å². The summed E-state index contributed by atoms with van der Waals surface area (Å²) < 4.78 is 65.6. The molecule has 2 aliphatic carbocycles. The summed E-state index contributed by atoms with van der Waals surface area (Å²) in [5, 5.41) is 23.5. The summed E-state index contributed by atoms with van der Waals surface area (Å²) in [7, 11) is -7.36. The molecule has 2 aliphatic heterocycles. The van der Waals surface area contributed by atoms with Crippen LogP contribution in [0.15, 0.2) is 82.6 Å². The Labute approximate surface area is 288 Å². The van der Waals surface area contributed by atoms with E-state index >= 15 is 0 Å². The third kappa shape index (κ3) is 6.92. The summed E-state index contributed by atoms with van der Waals surface area (Å²) in [6, 6.07) is 21.3. The summed E-state index contributed by atoms with van der Waals surface area (Å²) >= 11 is 0. The van der Waals surface area contributed by atoms with Crippen LogP contribution in [0.1, 0.15) is 50.5 Å². The Morgan fingerprint density at radius 1 is 0.898 bits per heavy atom. The van der Waals surface area contributed by atoms with Crippen molar-refractivity contribution in [3.8, 4) is 16.9 Å². The van der Waals surface area contributed by atoms with E-state index in [0.717, 1.165) is 29.5 Å². The number of benzene rings is 3. The third-order valence-electron chi connectivity index (χ3n) is 10.8. The molecule has 4 aliphatic rings. The van der Waals surface area contributed by atoms with Crippen molar-refractivity contribution >= 4 is 19.9 Å². The fourth-order valence-electron chi connectivity index (χ4n) is 7.05. The molecule has 11 nitrogen and oxygen atoms in total. The van der Waals surface area contributed by atoms with E-state index in [1.807, 2.05) is 30.3 Å². The van der Waals surface area contributed by atoms with Gasteiger partial charge in [0.1, 0.15) is 18.5 Å². The Balaban J connectivity index is 0.884. The number of piperidine rings is 1. The molecule has 7 rings (SSSR count). The number of ether oxygens (including phenoxy) is 2. The van der Waals surface area contributed by atoms with Crippen LogP contribution in [-0.4, -0.2) is 93.3 Å². The zero-order chi connectivity index (χ0) is 34.5. The Bertz CT molecular complexity index is 1880. The Kier molecular flexibility index (Phi) is 9.19. The first-order valence-electron chi connectivity index (χ1n) is 17.0. The molecule has 0 aromatic heterocycles. The van der Waals surface area contributed by atoms with E-state index in [1.54, 1.807) is 34.6 Å². The van der Waals surface area contributed by atoms with Gasteiger partial charge in [0.15, 0.2) is 9.84 Å². The van der Waals surface area contributed by atoms with Gasteiger partial charge in [0, 0.05) is 31.2 Å². The minimum absolute atomic E-state index is 0.00312. The molecular formula is C36H45N3O8S2. The summed E-state index contributed by atoms with van der Waals surface area (Å²) in [6.07, 6.45) is 3.86. The predicted molar refractivity (Wildman–Crippen MR) is 184 cm³/mol. The number of hydrogen-bond acceptors (Lipinski definition) is 10. The van der Waals surface area contributed by atoms with Crippen LogP contribution in [0.5, 0.6) is 5.75 Å². The van der Waals surface area contributed by atoms with Crippen molar-refractivity contribution in [1.29, 1.82) is 0 Å². The largest absolute Gasteiger partial charge is 0.491 e. The van der Waals surface area contributed by atoms with Crippen molar-refractivity contribution in [1.82, 2.24) is 9.62 Å². The van der Waals surface area contributed by atoms with Crippen LogP contribution in [0.3, 0.4) is 0 Å². The zero-order valence-corrected chi connectivity index (χ0v) is 29.1. The van der Waals surface area contributed by atoms with Crippen LogP contribution in [0.4, 0.5) is 0 Å². The van der Waals surface area contributed by atoms with Crippen LogP contribution in [0.2, 0.25) is 0 Å². The van der Waals surface area contributed by atoms with E-state index in [9.17, 15) is 27.0 Å². The summed E-state index contributed by atoms with van der Waals surface area (Å²) in [5.41, 5.74) is 8.59. The van der Waals surface area contributed by atoms with Gasteiger partial charge in [0.05, 0.1) is 33.4 Å². The van der Waals surface area contributed by atoms with E-state index in [-0.39, 0.29) is 34.5 Å². The van der Waals surface area contributed by atoms with Crippen LogP contribution >= 0.6 is 0 Å². The molecule has 3 aromatic carbocycles. The molecule has 4 fully saturated rings. The molecule has 2 atom stereocenters. The highest BCUT2D eigenvalue weighted by Crippen LogP contribution is 2.47. The lowest BCUT2D eigenvalue weighted by Crippen LogP contribution is -2.47. The summed E-state index contributed by atoms with van der Waals surface area (Å²) in [5.74, 6) is 0.331. The van der Waals surface area contributed by atoms with Gasteiger partial charge in [-0.25, -0.2) is 16.8 Å². The Morgan fingerprint density at radius 2 is 1.59 bits per heavy atom. The highest BCUT2D eigenvalue weighted by molar-refractivity contribution is 7.93. The fourth-order valence-corrected chi connectivity index (χ4v) is 10.4. The minimum Gasteiger partial charge on any atom is -0.491 e. The number of rotatable bonds is 13. The molecule has 1 spiro atoms. The van der Waals surface area contributed by atoms with Crippen LogP contribution < -0.4 is 15.8 Å². The zero-order valence-electron chi connectivity index (χ0n) is 27.5. The quantitative estimate of drug-likeness (QED) is 0.207. The third-order valence-corrected chi connectivity index (χ3v) is 15.2. The molecule has 5 N–H and O–H groups in total. The highest BCUT2D eigenvalue weighted by Gasteiger charge is 2.54. The van der Waals surface area contributed by atoms with Gasteiger partial charge >= 0.3 is 0 Å². The fraction of sp³-hybridized carbons (Fsp3) is 0.500. The first kappa shape index (κ1) is 34.6. The maximum Gasteiger partial charge on any atom is 0.243 e. The van der Waals surface area contributed by atoms with Crippen LogP contribution in [0, 0.1) is 0 Å². The molecule has 2 saturated carbocycles. The number of aliphatic hydroxyl groups excluding tert-OH is 2. The van der Waals surface area contributed by atoms with Gasteiger partial charge in [-0.05, 0) is 92.0 Å². The molecule has 0 radical (unpaired) electrons. The van der Waals surface area contributed by atoms with Crippen molar-refractivity contribution in [2.24, 2.45) is 5.73 Å². The second-order valence-corrected chi connectivity index (χ2v) is 18.5. The van der Waals surface area contributed by atoms with E-state index in [2.05, 4.69) is 5.32 Å². The van der Waals surface area contributed by atoms with Gasteiger partial charge < -0.3 is 30.7 Å². The van der Waals surface area contributed by atoms with Crippen molar-refractivity contribution < 1.29 is 36.5 Å². The van der Waals surface area contributed by atoms with Gasteiger partial charge in [-0.15, -0.1) is 0 Å². The summed E-state index contributed by atoms with van der Waals surface area (Å²) in [6.45, 7) is 0.985. The van der Waals surface area contributed by atoms with E-state index in [4.69, 9.17) is 15.2 Å². The van der Waals surface area contributed by atoms with Crippen molar-refractivity contribution in [2.75, 3.05) is 39.5 Å². The smallest absolute Gasteiger partial charge is 0.243 e. The molecule has 13 heteroatoms. The highest BCUT2D eigenvalue weighted by atomic mass is 32.2. The van der Waals surface area contributed by atoms with Gasteiger partial charge in [-0.3, -0.25) is 0 Å². The minimum atomic E-state index is -3.69. The standard InChI is InChI=1S/C36H45N3O8S2/c37-36(13-14-36)28-9-7-26(8-10-28)27-3-1-6-33(19-27)49(44,45)39-17-15-34(16-18-39)21-29(23-47-34)38-22-30(41)24-46-31-4-2-5-32(20-31)48(42,43)35(25-40)11-12-35/h1-10,19-20,29-30,38,40-41H,11-18,21-25,37H2/t29-,30-/m0/s1. The lowest BCUT2D eigenvalue weighted by Gasteiger charge is -2.38. The molecule has 3 aromatic rings. The maximum absolute atomic E-state index is 13.7. The molecule has 2 heterocycles. The molecular weight excluding hydrogens is 667 g/mol. The van der Waals surface area contributed by atoms with Gasteiger partial charge in [0.25, 0.3) is 0 Å². The van der Waals surface area contributed by atoms with Crippen molar-refractivity contribution in [2.45, 2.75) is 82.8 Å². The number of sulfonamides is 1. The second kappa shape index (κ2) is 13.0. The van der Waals surface area contributed by atoms with Gasteiger partial charge in [-0.2, -0.15) is 4.31 Å². The topological polar surface area (TPSA) is 168 Å². The Hall–Kier alpha value is -2.88. The molecule has 0 amide bonds. The van der Waals surface area contributed by atoms with Crippen LogP contribution in [-0.2, 0) is 30.1 Å². The van der Waals surface area contributed by atoms with Crippen molar-refractivity contribution in [3.05, 3.63) is 78.4 Å². The molecule has 49 heavy (non-hydrogen) atoms. The van der Waals surface area contributed by atoms with E-state index < -0.39 is 42.9 Å². The number of aliphatic hydroxyl groups is 2. The normalized spacial score (nSPS) is 23.3. The monoisotopic (exact) mass is 711 g/mol.